The predicted molar refractivity (Wildman–Crippen MR) is 270 cm³/mol. The van der Waals surface area contributed by atoms with E-state index in [1.54, 1.807) is 0 Å². The molecule has 0 spiro atoms. The standard InChI is InChI=1S/C60H38N6O2/c1-5-13-43(14-6-1)51-37-53-54(38-52(51)44-15-7-2-8-16-44)62-56(46-31-23-40(24-32-46)42-27-35-50(36-28-42)60-66-64-58(68-60)48-19-11-4-12-20-48)55(61-53)45-29-21-39(22-30-45)41-25-33-49(34-26-41)59-65-63-57(67-59)47-17-9-3-10-18-47/h1-38H. The summed E-state index contributed by atoms with van der Waals surface area (Å²) in [6.07, 6.45) is 0. The minimum atomic E-state index is 0.476. The average Bonchev–Trinajstić information content (AvgIpc) is 4.14. The van der Waals surface area contributed by atoms with E-state index in [2.05, 4.69) is 154 Å². The Morgan fingerprint density at radius 3 is 0.750 bits per heavy atom. The van der Waals surface area contributed by atoms with Crippen LogP contribution in [0.4, 0.5) is 0 Å². The maximum atomic E-state index is 6.02. The molecule has 9 aromatic carbocycles. The van der Waals surface area contributed by atoms with Crippen LogP contribution in [0.25, 0.3) is 124 Å². The molecule has 0 bridgehead atoms. The summed E-state index contributed by atoms with van der Waals surface area (Å²) < 4.78 is 12.0. The topological polar surface area (TPSA) is 104 Å². The molecule has 0 saturated heterocycles. The normalized spacial score (nSPS) is 11.2. The third kappa shape index (κ3) is 7.92. The first-order valence-corrected chi connectivity index (χ1v) is 22.3. The van der Waals surface area contributed by atoms with Crippen molar-refractivity contribution in [1.29, 1.82) is 0 Å². The molecule has 320 valence electrons. The van der Waals surface area contributed by atoms with Crippen molar-refractivity contribution < 1.29 is 8.83 Å². The number of benzene rings is 9. The summed E-state index contributed by atoms with van der Waals surface area (Å²) in [5.41, 5.74) is 17.3. The molecule has 0 unspecified atom stereocenters. The third-order valence-electron chi connectivity index (χ3n) is 12.1. The number of fused-ring (bicyclic) bond motifs is 1. The highest BCUT2D eigenvalue weighted by Gasteiger charge is 2.19. The van der Waals surface area contributed by atoms with Gasteiger partial charge in [0.1, 0.15) is 0 Å². The van der Waals surface area contributed by atoms with Crippen LogP contribution >= 0.6 is 0 Å². The second-order valence-electron chi connectivity index (χ2n) is 16.4. The first kappa shape index (κ1) is 40.1. The molecule has 0 saturated carbocycles. The first-order chi connectivity index (χ1) is 33.7. The molecular weight excluding hydrogens is 837 g/mol. The van der Waals surface area contributed by atoms with E-state index in [0.29, 0.717) is 23.6 Å². The van der Waals surface area contributed by atoms with E-state index in [0.717, 1.165) is 100 Å². The van der Waals surface area contributed by atoms with E-state index in [9.17, 15) is 0 Å². The van der Waals surface area contributed by atoms with Gasteiger partial charge in [-0.3, -0.25) is 0 Å². The molecule has 0 fully saturated rings. The van der Waals surface area contributed by atoms with Crippen molar-refractivity contribution in [2.45, 2.75) is 0 Å². The van der Waals surface area contributed by atoms with Crippen molar-refractivity contribution in [2.24, 2.45) is 0 Å². The summed E-state index contributed by atoms with van der Waals surface area (Å²) in [7, 11) is 0. The number of aromatic nitrogens is 6. The molecule has 8 nitrogen and oxygen atoms in total. The number of hydrogen-bond acceptors (Lipinski definition) is 8. The fraction of sp³-hybridized carbons (Fsp3) is 0. The first-order valence-electron chi connectivity index (χ1n) is 22.3. The third-order valence-corrected chi connectivity index (χ3v) is 12.1. The summed E-state index contributed by atoms with van der Waals surface area (Å²) >= 11 is 0. The number of nitrogens with zero attached hydrogens (tertiary/aromatic N) is 6. The van der Waals surface area contributed by atoms with Gasteiger partial charge in [-0.2, -0.15) is 0 Å². The summed E-state index contributed by atoms with van der Waals surface area (Å²) in [5, 5.41) is 17.2. The molecule has 3 aromatic heterocycles. The molecule has 3 heterocycles. The summed E-state index contributed by atoms with van der Waals surface area (Å²) in [6.45, 7) is 0. The number of rotatable bonds is 10. The molecular formula is C60H38N6O2. The van der Waals surface area contributed by atoms with Crippen molar-refractivity contribution in [3.05, 3.63) is 231 Å². The van der Waals surface area contributed by atoms with Crippen LogP contribution in [0.15, 0.2) is 239 Å². The monoisotopic (exact) mass is 874 g/mol. The number of hydrogen-bond donors (Lipinski definition) is 0. The smallest absolute Gasteiger partial charge is 0.248 e. The SMILES string of the molecule is c1ccc(-c2nnc(-c3ccc(-c4ccc(-c5nc6cc(-c7ccccc7)c(-c7ccccc7)cc6nc5-c5ccc(-c6ccc(-c7nnc(-c8ccccc8)o7)cc6)cc5)cc4)cc3)o2)cc1. The van der Waals surface area contributed by atoms with Gasteiger partial charge in [-0.05, 0) is 105 Å². The lowest BCUT2D eigenvalue weighted by Gasteiger charge is -2.15. The van der Waals surface area contributed by atoms with Gasteiger partial charge in [-0.25, -0.2) is 9.97 Å². The van der Waals surface area contributed by atoms with Gasteiger partial charge in [0.25, 0.3) is 0 Å². The highest BCUT2D eigenvalue weighted by atomic mass is 16.4. The highest BCUT2D eigenvalue weighted by molar-refractivity contribution is 5.96. The lowest BCUT2D eigenvalue weighted by atomic mass is 9.93. The zero-order chi connectivity index (χ0) is 45.2. The van der Waals surface area contributed by atoms with Gasteiger partial charge in [-0.1, -0.05) is 170 Å². The van der Waals surface area contributed by atoms with Crippen LogP contribution in [0.1, 0.15) is 0 Å². The van der Waals surface area contributed by atoms with Crippen LogP contribution < -0.4 is 0 Å². The van der Waals surface area contributed by atoms with E-state index in [-0.39, 0.29) is 0 Å². The molecule has 12 aromatic rings. The Balaban J connectivity index is 0.896. The van der Waals surface area contributed by atoms with Crippen molar-refractivity contribution in [3.8, 4) is 113 Å². The van der Waals surface area contributed by atoms with E-state index >= 15 is 0 Å². The van der Waals surface area contributed by atoms with Crippen LogP contribution in [0.2, 0.25) is 0 Å². The van der Waals surface area contributed by atoms with E-state index in [1.165, 1.54) is 0 Å². The van der Waals surface area contributed by atoms with Crippen LogP contribution in [0.5, 0.6) is 0 Å². The van der Waals surface area contributed by atoms with Gasteiger partial charge >= 0.3 is 0 Å². The Hall–Kier alpha value is -9.40. The largest absolute Gasteiger partial charge is 0.416 e. The van der Waals surface area contributed by atoms with Gasteiger partial charge in [0.05, 0.1) is 22.4 Å². The van der Waals surface area contributed by atoms with Gasteiger partial charge in [0.2, 0.25) is 23.6 Å². The molecule has 8 heteroatoms. The van der Waals surface area contributed by atoms with Gasteiger partial charge in [0.15, 0.2) is 0 Å². The van der Waals surface area contributed by atoms with Crippen LogP contribution in [0.3, 0.4) is 0 Å². The van der Waals surface area contributed by atoms with Gasteiger partial charge in [-0.15, -0.1) is 20.4 Å². The molecule has 0 amide bonds. The minimum Gasteiger partial charge on any atom is -0.416 e. The van der Waals surface area contributed by atoms with Crippen LogP contribution in [0, 0.1) is 0 Å². The zero-order valence-corrected chi connectivity index (χ0v) is 36.4. The molecule has 0 aliphatic carbocycles. The summed E-state index contributed by atoms with van der Waals surface area (Å²) in [6, 6.07) is 78.3. The Morgan fingerprint density at radius 1 is 0.221 bits per heavy atom. The lowest BCUT2D eigenvalue weighted by Crippen LogP contribution is -1.97. The maximum absolute atomic E-state index is 6.02. The van der Waals surface area contributed by atoms with Crippen molar-refractivity contribution in [3.63, 3.8) is 0 Å². The molecule has 0 N–H and O–H groups in total. The maximum Gasteiger partial charge on any atom is 0.248 e. The minimum absolute atomic E-state index is 0.476. The molecule has 0 aliphatic rings. The van der Waals surface area contributed by atoms with E-state index in [4.69, 9.17) is 18.8 Å². The fourth-order valence-electron chi connectivity index (χ4n) is 8.54. The van der Waals surface area contributed by atoms with Crippen LogP contribution in [-0.2, 0) is 0 Å². The summed E-state index contributed by atoms with van der Waals surface area (Å²) in [4.78, 5) is 10.9. The van der Waals surface area contributed by atoms with Gasteiger partial charge in [0, 0.05) is 33.4 Å². The van der Waals surface area contributed by atoms with E-state index in [1.807, 2.05) is 97.1 Å². The zero-order valence-electron chi connectivity index (χ0n) is 36.4. The predicted octanol–water partition coefficient (Wildman–Crippen LogP) is 15.1. The molecule has 68 heavy (non-hydrogen) atoms. The molecule has 12 rings (SSSR count). The molecule has 0 radical (unpaired) electrons. The Bertz CT molecular complexity index is 3420. The Labute approximate surface area is 392 Å². The Morgan fingerprint density at radius 2 is 0.456 bits per heavy atom. The second kappa shape index (κ2) is 17.5. The van der Waals surface area contributed by atoms with Crippen molar-refractivity contribution in [2.75, 3.05) is 0 Å². The average molecular weight is 875 g/mol. The van der Waals surface area contributed by atoms with E-state index < -0.39 is 0 Å². The van der Waals surface area contributed by atoms with Crippen molar-refractivity contribution >= 4 is 11.0 Å². The van der Waals surface area contributed by atoms with Crippen molar-refractivity contribution in [1.82, 2.24) is 30.4 Å². The Kier molecular flexibility index (Phi) is 10.3. The van der Waals surface area contributed by atoms with Gasteiger partial charge < -0.3 is 8.83 Å². The van der Waals surface area contributed by atoms with Crippen LogP contribution in [-0.4, -0.2) is 30.4 Å². The highest BCUT2D eigenvalue weighted by Crippen LogP contribution is 2.39. The lowest BCUT2D eigenvalue weighted by molar-refractivity contribution is 0.584. The molecule has 0 aliphatic heterocycles. The molecule has 0 atom stereocenters. The second-order valence-corrected chi connectivity index (χ2v) is 16.4. The fourth-order valence-corrected chi connectivity index (χ4v) is 8.54. The summed E-state index contributed by atoms with van der Waals surface area (Å²) in [5.74, 6) is 1.93. The quantitative estimate of drug-likeness (QED) is 0.134.